The molecule has 0 bridgehead atoms. The molecule has 4 N–H and O–H groups in total. The fraction of sp³-hybridized carbons (Fsp3) is 0.583. The number of aliphatic hydroxyl groups excluding tert-OH is 1. The second-order valence-corrected chi connectivity index (χ2v) is 4.44. The van der Waals surface area contributed by atoms with Crippen molar-refractivity contribution >= 4 is 22.8 Å². The van der Waals surface area contributed by atoms with Crippen LogP contribution in [0.2, 0.25) is 0 Å². The van der Waals surface area contributed by atoms with Gasteiger partial charge in [0.25, 0.3) is 0 Å². The molecule has 1 atom stereocenters. The van der Waals surface area contributed by atoms with Gasteiger partial charge in [0.1, 0.15) is 5.82 Å². The van der Waals surface area contributed by atoms with E-state index in [4.69, 9.17) is 4.74 Å². The number of anilines is 2. The van der Waals surface area contributed by atoms with Gasteiger partial charge in [-0.05, 0) is 6.42 Å². The van der Waals surface area contributed by atoms with Gasteiger partial charge in [0.15, 0.2) is 5.65 Å². The van der Waals surface area contributed by atoms with E-state index in [2.05, 4.69) is 37.7 Å². The van der Waals surface area contributed by atoms with Crippen molar-refractivity contribution in [1.29, 1.82) is 0 Å². The average molecular weight is 280 g/mol. The van der Waals surface area contributed by atoms with Crippen molar-refractivity contribution in [3.8, 4) is 0 Å². The fourth-order valence-corrected chi connectivity index (χ4v) is 1.75. The molecule has 0 aliphatic heterocycles. The molecule has 0 spiro atoms. The van der Waals surface area contributed by atoms with Gasteiger partial charge in [0.2, 0.25) is 5.95 Å². The van der Waals surface area contributed by atoms with Crippen LogP contribution in [0.4, 0.5) is 11.8 Å². The quantitative estimate of drug-likeness (QED) is 0.560. The molecule has 0 saturated heterocycles. The zero-order chi connectivity index (χ0) is 14.4. The molecule has 0 aromatic carbocycles. The summed E-state index contributed by atoms with van der Waals surface area (Å²) < 4.78 is 4.89. The van der Waals surface area contributed by atoms with E-state index in [-0.39, 0.29) is 6.61 Å². The fourth-order valence-electron chi connectivity index (χ4n) is 1.75. The Morgan fingerprint density at radius 2 is 2.25 bits per heavy atom. The van der Waals surface area contributed by atoms with Crippen LogP contribution in [0, 0.1) is 0 Å². The summed E-state index contributed by atoms with van der Waals surface area (Å²) in [5, 5.41) is 23.5. The highest BCUT2D eigenvalue weighted by molar-refractivity contribution is 5.86. The molecule has 0 aliphatic carbocycles. The van der Waals surface area contributed by atoms with Crippen LogP contribution < -0.4 is 10.6 Å². The monoisotopic (exact) mass is 280 g/mol. The van der Waals surface area contributed by atoms with Crippen molar-refractivity contribution < 1.29 is 9.84 Å². The van der Waals surface area contributed by atoms with E-state index in [1.54, 1.807) is 13.3 Å². The zero-order valence-corrected chi connectivity index (χ0v) is 11.7. The van der Waals surface area contributed by atoms with Crippen LogP contribution in [0.5, 0.6) is 0 Å². The second kappa shape index (κ2) is 7.01. The van der Waals surface area contributed by atoms with Gasteiger partial charge in [-0.25, -0.2) is 0 Å². The molecule has 0 fully saturated rings. The lowest BCUT2D eigenvalue weighted by molar-refractivity contribution is 0.0727. The first kappa shape index (κ1) is 14.5. The van der Waals surface area contributed by atoms with Gasteiger partial charge >= 0.3 is 0 Å². The Hall–Kier alpha value is -1.93. The lowest BCUT2D eigenvalue weighted by atomic mass is 10.3. The number of aliphatic hydroxyl groups is 1. The Kier molecular flexibility index (Phi) is 5.08. The third-order valence-corrected chi connectivity index (χ3v) is 2.71. The van der Waals surface area contributed by atoms with Crippen molar-refractivity contribution in [1.82, 2.24) is 20.2 Å². The molecule has 0 radical (unpaired) electrons. The topological polar surface area (TPSA) is 108 Å². The Labute approximate surface area is 117 Å². The Bertz CT molecular complexity index is 544. The van der Waals surface area contributed by atoms with Crippen LogP contribution in [0.15, 0.2) is 6.20 Å². The molecule has 2 rings (SSSR count). The van der Waals surface area contributed by atoms with E-state index in [1.807, 2.05) is 0 Å². The molecule has 1 unspecified atom stereocenters. The highest BCUT2D eigenvalue weighted by atomic mass is 16.5. The SMILES string of the molecule is CCCNc1nc(NCC(O)COC)c2cn[nH]c2n1. The predicted octanol–water partition coefficient (Wildman–Crippen LogP) is 0.594. The second-order valence-electron chi connectivity index (χ2n) is 4.44. The maximum absolute atomic E-state index is 9.67. The van der Waals surface area contributed by atoms with Gasteiger partial charge < -0.3 is 20.5 Å². The van der Waals surface area contributed by atoms with Gasteiger partial charge in [-0.1, -0.05) is 6.92 Å². The largest absolute Gasteiger partial charge is 0.389 e. The first-order valence-electron chi connectivity index (χ1n) is 6.60. The number of aromatic nitrogens is 4. The van der Waals surface area contributed by atoms with E-state index < -0.39 is 6.10 Å². The van der Waals surface area contributed by atoms with Crippen molar-refractivity contribution in [2.45, 2.75) is 19.4 Å². The number of hydrogen-bond acceptors (Lipinski definition) is 7. The summed E-state index contributed by atoms with van der Waals surface area (Å²) in [6.45, 7) is 3.49. The lowest BCUT2D eigenvalue weighted by Crippen LogP contribution is -2.24. The van der Waals surface area contributed by atoms with E-state index in [9.17, 15) is 5.11 Å². The van der Waals surface area contributed by atoms with E-state index in [0.717, 1.165) is 18.4 Å². The minimum atomic E-state index is -0.594. The number of hydrogen-bond donors (Lipinski definition) is 4. The van der Waals surface area contributed by atoms with Crippen molar-refractivity contribution in [3.05, 3.63) is 6.20 Å². The molecule has 2 aromatic heterocycles. The molecule has 2 aromatic rings. The molecule has 2 heterocycles. The van der Waals surface area contributed by atoms with Crippen LogP contribution in [-0.4, -0.2) is 58.2 Å². The summed E-state index contributed by atoms with van der Waals surface area (Å²) in [4.78, 5) is 8.73. The summed E-state index contributed by atoms with van der Waals surface area (Å²) >= 11 is 0. The predicted molar refractivity (Wildman–Crippen MR) is 76.8 cm³/mol. The molecule has 0 amide bonds. The zero-order valence-electron chi connectivity index (χ0n) is 11.7. The number of H-pyrrole nitrogens is 1. The minimum absolute atomic E-state index is 0.271. The number of nitrogens with one attached hydrogen (secondary N) is 3. The smallest absolute Gasteiger partial charge is 0.226 e. The Morgan fingerprint density at radius 3 is 3.00 bits per heavy atom. The summed E-state index contributed by atoms with van der Waals surface area (Å²) in [6, 6.07) is 0. The summed E-state index contributed by atoms with van der Waals surface area (Å²) in [6.07, 6.45) is 2.05. The number of methoxy groups -OCH3 is 1. The molecule has 8 nitrogen and oxygen atoms in total. The van der Waals surface area contributed by atoms with Crippen LogP contribution in [-0.2, 0) is 4.74 Å². The summed E-state index contributed by atoms with van der Waals surface area (Å²) in [5.41, 5.74) is 0.655. The lowest BCUT2D eigenvalue weighted by Gasteiger charge is -2.12. The van der Waals surface area contributed by atoms with Gasteiger partial charge in [0, 0.05) is 20.2 Å². The summed E-state index contributed by atoms with van der Waals surface area (Å²) in [7, 11) is 1.55. The number of fused-ring (bicyclic) bond motifs is 1. The van der Waals surface area contributed by atoms with Crippen molar-refractivity contribution in [2.24, 2.45) is 0 Å². The van der Waals surface area contributed by atoms with E-state index in [0.29, 0.717) is 24.0 Å². The highest BCUT2D eigenvalue weighted by Gasteiger charge is 2.11. The third-order valence-electron chi connectivity index (χ3n) is 2.71. The first-order valence-corrected chi connectivity index (χ1v) is 6.60. The summed E-state index contributed by atoms with van der Waals surface area (Å²) in [5.74, 6) is 1.17. The van der Waals surface area contributed by atoms with Crippen LogP contribution in [0.25, 0.3) is 11.0 Å². The molecule has 20 heavy (non-hydrogen) atoms. The average Bonchev–Trinajstić information content (AvgIpc) is 2.91. The molecule has 0 saturated carbocycles. The van der Waals surface area contributed by atoms with Gasteiger partial charge in [-0.2, -0.15) is 15.1 Å². The van der Waals surface area contributed by atoms with Crippen LogP contribution in [0.3, 0.4) is 0 Å². The Balaban J connectivity index is 2.14. The van der Waals surface area contributed by atoms with Gasteiger partial charge in [0.05, 0.1) is 24.3 Å². The minimum Gasteiger partial charge on any atom is -0.389 e. The molecule has 8 heteroatoms. The van der Waals surface area contributed by atoms with Crippen LogP contribution in [0.1, 0.15) is 13.3 Å². The highest BCUT2D eigenvalue weighted by Crippen LogP contribution is 2.19. The Morgan fingerprint density at radius 1 is 1.40 bits per heavy atom. The van der Waals surface area contributed by atoms with Crippen molar-refractivity contribution in [2.75, 3.05) is 37.4 Å². The number of aromatic amines is 1. The van der Waals surface area contributed by atoms with Gasteiger partial charge in [-0.15, -0.1) is 0 Å². The number of nitrogens with zero attached hydrogens (tertiary/aromatic N) is 3. The molecular weight excluding hydrogens is 260 g/mol. The van der Waals surface area contributed by atoms with Crippen molar-refractivity contribution in [3.63, 3.8) is 0 Å². The number of ether oxygens (including phenoxy) is 1. The maximum Gasteiger partial charge on any atom is 0.226 e. The third kappa shape index (κ3) is 3.55. The van der Waals surface area contributed by atoms with Crippen LogP contribution >= 0.6 is 0 Å². The number of rotatable bonds is 8. The standard InChI is InChI=1S/C12H20N6O2/c1-3-4-13-12-16-10(14-5-8(19)7-20-2)9-6-15-18-11(9)17-12/h6,8,19H,3-5,7H2,1-2H3,(H3,13,14,15,16,17,18). The molecular formula is C12H20N6O2. The maximum atomic E-state index is 9.67. The first-order chi connectivity index (χ1) is 9.74. The molecule has 0 aliphatic rings. The van der Waals surface area contributed by atoms with E-state index in [1.165, 1.54) is 0 Å². The molecule has 110 valence electrons. The van der Waals surface area contributed by atoms with Gasteiger partial charge in [-0.3, -0.25) is 5.10 Å². The normalized spacial score (nSPS) is 12.6. The van der Waals surface area contributed by atoms with E-state index >= 15 is 0 Å².